The average molecular weight is 749 g/mol. The van der Waals surface area contributed by atoms with E-state index in [0.29, 0.717) is 30.3 Å². The van der Waals surface area contributed by atoms with E-state index in [1.807, 2.05) is 72.6 Å². The van der Waals surface area contributed by atoms with E-state index < -0.39 is 6.04 Å². The molecule has 0 radical (unpaired) electrons. The summed E-state index contributed by atoms with van der Waals surface area (Å²) in [4.78, 5) is 53.4. The number of benzene rings is 1. The third kappa shape index (κ3) is 15.9. The standard InChI is InChI=1S/C32H43N5O4.C5H10.C3H7N.2CH2O/c1-7-20(2)33-22(4)26-19-29(24-13-14-28(40-6)21(3)30(24)34-26)41-17-15-25-31(38)35-27-18-23(27)12-10-8-9-11-16-37(5)32(39)36-25;1-5(2)3-4-5;1-3-4-2;2*1-2/h7,10,12-14,19,23,25,27H,8-9,11,15-18H2,1-6H3,(H,35,38)(H,36,39);3-4H2,1-2H3;3-4H,1H2,2H3;2*1H2/b12-10-,20-7-,33-22?;;;;/t23-,25?,27?;;;;/m1..../s1. The number of ether oxygens (including phenoxy) is 2. The highest BCUT2D eigenvalue weighted by Gasteiger charge is 2.38. The molecule has 5 rings (SSSR count). The molecule has 0 spiro atoms. The second kappa shape index (κ2) is 24.3. The fourth-order valence-corrected chi connectivity index (χ4v) is 5.22. The van der Waals surface area contributed by atoms with Crippen LogP contribution in [0, 0.1) is 18.3 Å². The molecule has 298 valence electrons. The van der Waals surface area contributed by atoms with Crippen molar-refractivity contribution in [2.75, 3.05) is 34.4 Å². The minimum absolute atomic E-state index is 0.118. The lowest BCUT2D eigenvalue weighted by Gasteiger charge is -2.24. The fraction of sp³-hybridized carbons (Fsp3) is 0.524. The number of fused-ring (bicyclic) bond motifs is 2. The maximum atomic E-state index is 13.2. The minimum Gasteiger partial charge on any atom is -0.496 e. The Hall–Kier alpha value is -5.00. The summed E-state index contributed by atoms with van der Waals surface area (Å²) in [5, 5.41) is 9.59. The van der Waals surface area contributed by atoms with Crippen molar-refractivity contribution in [2.45, 2.75) is 98.6 Å². The Kier molecular flexibility index (Phi) is 21.2. The normalized spacial score (nSPS) is 21.0. The predicted molar refractivity (Wildman–Crippen MR) is 219 cm³/mol. The molecule has 2 heterocycles. The minimum atomic E-state index is -0.715. The largest absolute Gasteiger partial charge is 0.496 e. The van der Waals surface area contributed by atoms with Crippen LogP contribution in [0.2, 0.25) is 0 Å². The van der Waals surface area contributed by atoms with Crippen LogP contribution in [-0.2, 0) is 14.4 Å². The van der Waals surface area contributed by atoms with Crippen LogP contribution < -0.4 is 25.4 Å². The summed E-state index contributed by atoms with van der Waals surface area (Å²) in [5.41, 5.74) is 4.78. The number of amides is 3. The lowest BCUT2D eigenvalue weighted by molar-refractivity contribution is -0.123. The van der Waals surface area contributed by atoms with E-state index in [-0.39, 0.29) is 24.6 Å². The number of urea groups is 1. The SMILES string of the molecule is C/C=C(/C)N=C(C)c1cc(OCCC2NC(=O)N(C)CCCC/C=C\[C@@H]3CC3NC2=O)c2ccc(OC)c(C)c2n1.C=CNC.C=O.C=O.CC1(C)CC1. The van der Waals surface area contributed by atoms with Gasteiger partial charge in [0.15, 0.2) is 0 Å². The molecule has 0 saturated heterocycles. The van der Waals surface area contributed by atoms with Crippen molar-refractivity contribution < 1.29 is 28.7 Å². The third-order valence-electron chi connectivity index (χ3n) is 9.24. The summed E-state index contributed by atoms with van der Waals surface area (Å²) in [6.07, 6.45) is 15.1. The van der Waals surface area contributed by atoms with E-state index in [2.05, 4.69) is 53.5 Å². The van der Waals surface area contributed by atoms with Crippen molar-refractivity contribution >= 4 is 42.1 Å². The fourth-order valence-electron chi connectivity index (χ4n) is 5.22. The summed E-state index contributed by atoms with van der Waals surface area (Å²) in [6.45, 7) is 20.6. The zero-order valence-corrected chi connectivity index (χ0v) is 34.0. The molecule has 1 aromatic carbocycles. The number of nitrogens with zero attached hydrogens (tertiary/aromatic N) is 3. The predicted octanol–water partition coefficient (Wildman–Crippen LogP) is 7.09. The van der Waals surface area contributed by atoms with Crippen LogP contribution in [0.4, 0.5) is 4.79 Å². The van der Waals surface area contributed by atoms with Gasteiger partial charge in [-0.05, 0) is 95.9 Å². The highest BCUT2D eigenvalue weighted by atomic mass is 16.5. The Morgan fingerprint density at radius 1 is 1.11 bits per heavy atom. The molecule has 3 amide bonds. The van der Waals surface area contributed by atoms with Crippen LogP contribution in [0.1, 0.15) is 90.8 Å². The van der Waals surface area contributed by atoms with E-state index in [1.165, 1.54) is 12.8 Å². The van der Waals surface area contributed by atoms with Gasteiger partial charge in [0.2, 0.25) is 5.91 Å². The van der Waals surface area contributed by atoms with Gasteiger partial charge < -0.3 is 39.9 Å². The molecule has 0 bridgehead atoms. The van der Waals surface area contributed by atoms with Crippen LogP contribution in [0.3, 0.4) is 0 Å². The van der Waals surface area contributed by atoms with E-state index in [9.17, 15) is 9.59 Å². The monoisotopic (exact) mass is 748 g/mol. The zero-order chi connectivity index (χ0) is 40.8. The number of aliphatic imine (C=N–C) groups is 1. The molecule has 2 fully saturated rings. The zero-order valence-electron chi connectivity index (χ0n) is 34.0. The molecule has 1 aliphatic heterocycles. The van der Waals surface area contributed by atoms with Gasteiger partial charge in [-0.15, -0.1) is 0 Å². The number of nitrogens with one attached hydrogen (secondary N) is 3. The molecule has 54 heavy (non-hydrogen) atoms. The number of carbonyl (C=O) groups excluding carboxylic acids is 4. The van der Waals surface area contributed by atoms with Gasteiger partial charge in [-0.25, -0.2) is 9.78 Å². The Bertz CT molecular complexity index is 1600. The second-order valence-corrected chi connectivity index (χ2v) is 14.1. The van der Waals surface area contributed by atoms with E-state index in [1.54, 1.807) is 25.3 Å². The van der Waals surface area contributed by atoms with Gasteiger partial charge in [0.05, 0.1) is 30.6 Å². The first kappa shape index (κ1) is 47.0. The van der Waals surface area contributed by atoms with Gasteiger partial charge in [-0.3, -0.25) is 9.79 Å². The highest BCUT2D eigenvalue weighted by Crippen LogP contribution is 2.43. The lowest BCUT2D eigenvalue weighted by Crippen LogP contribution is -2.51. The molecule has 3 aliphatic rings. The summed E-state index contributed by atoms with van der Waals surface area (Å²) < 4.78 is 11.9. The molecule has 2 saturated carbocycles. The Balaban J connectivity index is 0.000000968. The van der Waals surface area contributed by atoms with Crippen LogP contribution in [0.15, 0.2) is 59.9 Å². The average Bonchev–Trinajstić information content (AvgIpc) is 4.10. The van der Waals surface area contributed by atoms with Crippen molar-refractivity contribution in [3.63, 3.8) is 0 Å². The van der Waals surface area contributed by atoms with Crippen molar-refractivity contribution in [1.29, 1.82) is 0 Å². The summed E-state index contributed by atoms with van der Waals surface area (Å²) in [5.74, 6) is 1.57. The summed E-state index contributed by atoms with van der Waals surface area (Å²) in [6, 6.07) is 4.87. The topological polar surface area (TPSA) is 151 Å². The number of rotatable bonds is 8. The van der Waals surface area contributed by atoms with Gasteiger partial charge in [0.25, 0.3) is 0 Å². The maximum Gasteiger partial charge on any atom is 0.317 e. The molecule has 12 heteroatoms. The Morgan fingerprint density at radius 3 is 2.33 bits per heavy atom. The van der Waals surface area contributed by atoms with E-state index >= 15 is 0 Å². The van der Waals surface area contributed by atoms with E-state index in [0.717, 1.165) is 64.7 Å². The third-order valence-corrected chi connectivity index (χ3v) is 9.24. The van der Waals surface area contributed by atoms with E-state index in [4.69, 9.17) is 24.0 Å². The molecular weight excluding hydrogens is 684 g/mol. The molecule has 2 unspecified atom stereocenters. The molecule has 2 aliphatic carbocycles. The Morgan fingerprint density at radius 2 is 1.76 bits per heavy atom. The van der Waals surface area contributed by atoms with Gasteiger partial charge in [-0.1, -0.05) is 38.7 Å². The van der Waals surface area contributed by atoms with Gasteiger partial charge in [-0.2, -0.15) is 0 Å². The number of aryl methyl sites for hydroxylation is 1. The molecule has 1 aromatic heterocycles. The lowest BCUT2D eigenvalue weighted by atomic mass is 10.1. The molecular formula is C42H64N6O6. The van der Waals surface area contributed by atoms with Crippen LogP contribution in [0.25, 0.3) is 10.9 Å². The van der Waals surface area contributed by atoms with Gasteiger partial charge in [0.1, 0.15) is 31.1 Å². The van der Waals surface area contributed by atoms with Crippen LogP contribution in [-0.4, -0.2) is 87.6 Å². The van der Waals surface area contributed by atoms with Crippen molar-refractivity contribution in [3.05, 3.63) is 66.2 Å². The first-order valence-corrected chi connectivity index (χ1v) is 18.5. The molecule has 2 aromatic rings. The maximum absolute atomic E-state index is 13.2. The van der Waals surface area contributed by atoms with Crippen LogP contribution in [0.5, 0.6) is 11.5 Å². The first-order valence-electron chi connectivity index (χ1n) is 18.5. The van der Waals surface area contributed by atoms with Crippen molar-refractivity contribution in [2.24, 2.45) is 16.3 Å². The molecule has 12 nitrogen and oxygen atoms in total. The number of methoxy groups -OCH3 is 1. The molecule has 3 N–H and O–H groups in total. The summed E-state index contributed by atoms with van der Waals surface area (Å²) in [7, 11) is 5.22. The number of hydrogen-bond donors (Lipinski definition) is 3. The Labute approximate surface area is 322 Å². The quantitative estimate of drug-likeness (QED) is 0.191. The van der Waals surface area contributed by atoms with Crippen LogP contribution >= 0.6 is 0 Å². The summed E-state index contributed by atoms with van der Waals surface area (Å²) >= 11 is 0. The van der Waals surface area contributed by atoms with Crippen molar-refractivity contribution in [1.82, 2.24) is 25.8 Å². The van der Waals surface area contributed by atoms with Gasteiger partial charge in [0, 0.05) is 55.8 Å². The smallest absolute Gasteiger partial charge is 0.317 e. The number of allylic oxidation sites excluding steroid dienone is 3. The van der Waals surface area contributed by atoms with Gasteiger partial charge >= 0.3 is 6.03 Å². The number of pyridine rings is 1. The number of hydrogen-bond acceptors (Lipinski definition) is 9. The number of aromatic nitrogens is 1. The molecule has 3 atom stereocenters. The highest BCUT2D eigenvalue weighted by molar-refractivity contribution is 6.01. The van der Waals surface area contributed by atoms with Crippen molar-refractivity contribution in [3.8, 4) is 11.5 Å². The first-order chi connectivity index (χ1) is 25.8. The second-order valence-electron chi connectivity index (χ2n) is 14.1. The number of carbonyl (C=O) groups is 4.